The molecule has 3 rings (SSSR count). The Labute approximate surface area is 161 Å². The van der Waals surface area contributed by atoms with Crippen molar-refractivity contribution in [1.29, 1.82) is 0 Å². The van der Waals surface area contributed by atoms with Crippen LogP contribution in [0.3, 0.4) is 0 Å². The number of nitrogens with zero attached hydrogens (tertiary/aromatic N) is 3. The summed E-state index contributed by atoms with van der Waals surface area (Å²) in [5, 5.41) is 18.3. The first-order chi connectivity index (χ1) is 13.2. The number of hydrogen-bond acceptors (Lipinski definition) is 7. The maximum Gasteiger partial charge on any atom is 0.353 e. The molecule has 0 atom stereocenters. The van der Waals surface area contributed by atoms with Gasteiger partial charge >= 0.3 is 5.69 Å². The molecule has 0 unspecified atom stereocenters. The summed E-state index contributed by atoms with van der Waals surface area (Å²) in [6, 6.07) is 19.3. The fraction of sp³-hybridized carbons (Fsp3) is 0.158. The molecule has 0 radical (unpaired) electrons. The lowest BCUT2D eigenvalue weighted by Gasteiger charge is -2.12. The Kier molecular flexibility index (Phi) is 6.22. The van der Waals surface area contributed by atoms with Gasteiger partial charge in [0.15, 0.2) is 5.16 Å². The van der Waals surface area contributed by atoms with Crippen molar-refractivity contribution in [2.45, 2.75) is 18.2 Å². The third-order valence-electron chi connectivity index (χ3n) is 3.83. The first-order valence-electron chi connectivity index (χ1n) is 8.33. The molecular formula is C19H19N5O2S. The summed E-state index contributed by atoms with van der Waals surface area (Å²) in [6.07, 6.45) is 1.84. The van der Waals surface area contributed by atoms with Crippen LogP contribution >= 0.6 is 11.8 Å². The molecule has 0 bridgehead atoms. The summed E-state index contributed by atoms with van der Waals surface area (Å²) in [7, 11) is 0. The lowest BCUT2D eigenvalue weighted by molar-refractivity contribution is -0.383. The first-order valence-corrected chi connectivity index (χ1v) is 9.56. The molecule has 0 aliphatic heterocycles. The van der Waals surface area contributed by atoms with Gasteiger partial charge in [0.05, 0.1) is 4.92 Å². The van der Waals surface area contributed by atoms with Crippen LogP contribution in [0.4, 0.5) is 17.3 Å². The number of benzene rings is 2. The monoisotopic (exact) mass is 381 g/mol. The molecule has 7 nitrogen and oxygen atoms in total. The molecule has 0 saturated carbocycles. The van der Waals surface area contributed by atoms with Crippen LogP contribution in [0.25, 0.3) is 0 Å². The number of nitro groups is 1. The average molecular weight is 381 g/mol. The molecule has 0 aliphatic rings. The Balaban J connectivity index is 1.88. The van der Waals surface area contributed by atoms with Gasteiger partial charge in [0.25, 0.3) is 0 Å². The quantitative estimate of drug-likeness (QED) is 0.260. The van der Waals surface area contributed by atoms with Gasteiger partial charge in [0.2, 0.25) is 11.6 Å². The van der Waals surface area contributed by atoms with Crippen LogP contribution in [0.5, 0.6) is 0 Å². The third kappa shape index (κ3) is 4.95. The normalized spacial score (nSPS) is 10.4. The number of rotatable bonds is 8. The van der Waals surface area contributed by atoms with E-state index in [-0.39, 0.29) is 17.3 Å². The molecule has 1 heterocycles. The average Bonchev–Trinajstić information content (AvgIpc) is 2.71. The topological polar surface area (TPSA) is 93.0 Å². The molecule has 0 saturated heterocycles. The highest BCUT2D eigenvalue weighted by atomic mass is 32.2. The highest BCUT2D eigenvalue weighted by molar-refractivity contribution is 7.98. The van der Waals surface area contributed by atoms with E-state index in [2.05, 4.69) is 20.6 Å². The maximum atomic E-state index is 11.7. The van der Waals surface area contributed by atoms with Gasteiger partial charge in [0.1, 0.15) is 0 Å². The number of hydrogen-bond donors (Lipinski definition) is 2. The van der Waals surface area contributed by atoms with Gasteiger partial charge < -0.3 is 10.6 Å². The van der Waals surface area contributed by atoms with Gasteiger partial charge in [-0.2, -0.15) is 9.97 Å². The van der Waals surface area contributed by atoms with Crippen molar-refractivity contribution in [2.75, 3.05) is 16.9 Å². The van der Waals surface area contributed by atoms with Gasteiger partial charge in [-0.3, -0.25) is 10.1 Å². The molecule has 138 valence electrons. The van der Waals surface area contributed by atoms with Crippen molar-refractivity contribution in [1.82, 2.24) is 9.97 Å². The molecule has 8 heteroatoms. The predicted octanol–water partition coefficient (Wildman–Crippen LogP) is 4.33. The molecule has 2 aromatic carbocycles. The summed E-state index contributed by atoms with van der Waals surface area (Å²) in [4.78, 5) is 19.9. The van der Waals surface area contributed by atoms with E-state index in [1.165, 1.54) is 11.8 Å². The van der Waals surface area contributed by atoms with E-state index in [9.17, 15) is 10.1 Å². The van der Waals surface area contributed by atoms with E-state index in [0.29, 0.717) is 18.2 Å². The van der Waals surface area contributed by atoms with Gasteiger partial charge in [-0.25, -0.2) is 0 Å². The molecule has 2 N–H and O–H groups in total. The summed E-state index contributed by atoms with van der Waals surface area (Å²) in [5.41, 5.74) is 1.87. The Morgan fingerprint density at radius 1 is 0.889 bits per heavy atom. The molecular weight excluding hydrogens is 362 g/mol. The Hall–Kier alpha value is -3.13. The molecule has 0 fully saturated rings. The minimum atomic E-state index is -0.454. The number of nitrogens with one attached hydrogen (secondary N) is 2. The Morgan fingerprint density at radius 3 is 1.70 bits per heavy atom. The van der Waals surface area contributed by atoms with Crippen molar-refractivity contribution >= 4 is 29.1 Å². The summed E-state index contributed by atoms with van der Waals surface area (Å²) in [5.74, 6) is 0.414. The maximum absolute atomic E-state index is 11.7. The van der Waals surface area contributed by atoms with Crippen LogP contribution in [-0.2, 0) is 13.1 Å². The fourth-order valence-corrected chi connectivity index (χ4v) is 2.87. The number of thioether (sulfide) groups is 1. The van der Waals surface area contributed by atoms with E-state index in [4.69, 9.17) is 0 Å². The highest BCUT2D eigenvalue weighted by Crippen LogP contribution is 2.32. The zero-order valence-electron chi connectivity index (χ0n) is 14.8. The second-order valence-electron chi connectivity index (χ2n) is 5.69. The largest absolute Gasteiger partial charge is 0.360 e. The van der Waals surface area contributed by atoms with Crippen LogP contribution in [0, 0.1) is 10.1 Å². The van der Waals surface area contributed by atoms with Crippen LogP contribution < -0.4 is 10.6 Å². The second kappa shape index (κ2) is 9.00. The fourth-order valence-electron chi connectivity index (χ4n) is 2.51. The van der Waals surface area contributed by atoms with Gasteiger partial charge in [0, 0.05) is 13.1 Å². The smallest absolute Gasteiger partial charge is 0.353 e. The van der Waals surface area contributed by atoms with E-state index in [1.54, 1.807) is 0 Å². The second-order valence-corrected chi connectivity index (χ2v) is 6.46. The first kappa shape index (κ1) is 18.7. The molecule has 0 spiro atoms. The van der Waals surface area contributed by atoms with Crippen molar-refractivity contribution < 1.29 is 4.92 Å². The molecule has 0 aliphatic carbocycles. The summed E-state index contributed by atoms with van der Waals surface area (Å²) < 4.78 is 0. The zero-order chi connectivity index (χ0) is 19.1. The van der Waals surface area contributed by atoms with Crippen molar-refractivity contribution in [3.63, 3.8) is 0 Å². The molecule has 1 aromatic heterocycles. The van der Waals surface area contributed by atoms with Gasteiger partial charge in [-0.05, 0) is 17.4 Å². The summed E-state index contributed by atoms with van der Waals surface area (Å²) >= 11 is 1.34. The molecule has 0 amide bonds. The standard InChI is InChI=1S/C19H19N5O2S/c1-27-19-22-17(20-12-14-8-4-2-5-9-14)16(24(25)26)18(23-19)21-13-15-10-6-3-7-11-15/h2-11H,12-13H2,1H3,(H2,20,21,22,23). The molecule has 27 heavy (non-hydrogen) atoms. The van der Waals surface area contributed by atoms with E-state index in [1.807, 2.05) is 66.9 Å². The van der Waals surface area contributed by atoms with Crippen molar-refractivity contribution in [3.8, 4) is 0 Å². The third-order valence-corrected chi connectivity index (χ3v) is 4.38. The molecule has 3 aromatic rings. The van der Waals surface area contributed by atoms with Crippen LogP contribution in [0.2, 0.25) is 0 Å². The van der Waals surface area contributed by atoms with E-state index >= 15 is 0 Å². The van der Waals surface area contributed by atoms with Crippen LogP contribution in [0.15, 0.2) is 65.8 Å². The van der Waals surface area contributed by atoms with E-state index < -0.39 is 4.92 Å². The Bertz CT molecular complexity index is 842. The van der Waals surface area contributed by atoms with Crippen LogP contribution in [0.1, 0.15) is 11.1 Å². The van der Waals surface area contributed by atoms with E-state index in [0.717, 1.165) is 11.1 Å². The minimum absolute atomic E-state index is 0.153. The lowest BCUT2D eigenvalue weighted by Crippen LogP contribution is -2.11. The van der Waals surface area contributed by atoms with Gasteiger partial charge in [-0.15, -0.1) is 0 Å². The predicted molar refractivity (Wildman–Crippen MR) is 108 cm³/mol. The van der Waals surface area contributed by atoms with Crippen molar-refractivity contribution in [3.05, 3.63) is 81.9 Å². The number of aromatic nitrogens is 2. The zero-order valence-corrected chi connectivity index (χ0v) is 15.6. The van der Waals surface area contributed by atoms with Crippen molar-refractivity contribution in [2.24, 2.45) is 0 Å². The van der Waals surface area contributed by atoms with Crippen LogP contribution in [-0.4, -0.2) is 21.1 Å². The number of anilines is 2. The lowest BCUT2D eigenvalue weighted by atomic mass is 10.2. The van der Waals surface area contributed by atoms with Gasteiger partial charge in [-0.1, -0.05) is 72.4 Å². The Morgan fingerprint density at radius 2 is 1.33 bits per heavy atom. The highest BCUT2D eigenvalue weighted by Gasteiger charge is 2.24. The SMILES string of the molecule is CSc1nc(NCc2ccccc2)c([N+](=O)[O-])c(NCc2ccccc2)n1. The summed E-state index contributed by atoms with van der Waals surface area (Å²) in [6.45, 7) is 0.870. The minimum Gasteiger partial charge on any atom is -0.360 e.